The molecule has 0 unspecified atom stereocenters. The molecule has 2 aromatic rings. The Morgan fingerprint density at radius 3 is 2.45 bits per heavy atom. The van der Waals surface area contributed by atoms with Crippen molar-refractivity contribution in [1.29, 1.82) is 0 Å². The second-order valence-corrected chi connectivity index (χ2v) is 8.57. The fourth-order valence-electron chi connectivity index (χ4n) is 4.24. The molecule has 0 aliphatic carbocycles. The van der Waals surface area contributed by atoms with Crippen molar-refractivity contribution in [3.8, 4) is 0 Å². The van der Waals surface area contributed by atoms with Crippen LogP contribution in [0.3, 0.4) is 0 Å². The van der Waals surface area contributed by atoms with E-state index in [1.165, 1.54) is 6.08 Å². The molecule has 1 saturated heterocycles. The van der Waals surface area contributed by atoms with Gasteiger partial charge in [0.1, 0.15) is 0 Å². The summed E-state index contributed by atoms with van der Waals surface area (Å²) in [5, 5.41) is 11.3. The standard InChI is InChI=1S/C26H27ClN2O4/c27-21-10-8-20(9-11-21)24-23(22(30)12-7-19-5-2-1-3-6-19)25(31)26(32)29(24)14-4-13-28-15-17-33-18-16-28/h1-3,5-12,24,31H,4,13-18H2/b12-7+/t24-/m1/s1. The van der Waals surface area contributed by atoms with Crippen LogP contribution in [0.25, 0.3) is 6.08 Å². The summed E-state index contributed by atoms with van der Waals surface area (Å²) in [6.45, 7) is 4.40. The van der Waals surface area contributed by atoms with Crippen LogP contribution in [0.15, 0.2) is 72.0 Å². The van der Waals surface area contributed by atoms with E-state index in [0.29, 0.717) is 24.8 Å². The molecule has 2 aromatic carbocycles. The molecule has 1 fully saturated rings. The summed E-state index contributed by atoms with van der Waals surface area (Å²) >= 11 is 6.06. The summed E-state index contributed by atoms with van der Waals surface area (Å²) in [6, 6.07) is 15.8. The third kappa shape index (κ3) is 5.53. The molecular weight excluding hydrogens is 440 g/mol. The van der Waals surface area contributed by atoms with Crippen LogP contribution in [-0.2, 0) is 14.3 Å². The smallest absolute Gasteiger partial charge is 0.290 e. The summed E-state index contributed by atoms with van der Waals surface area (Å²) < 4.78 is 5.39. The Kier molecular flexibility index (Phi) is 7.60. The number of hydrogen-bond acceptors (Lipinski definition) is 5. The Hall–Kier alpha value is -2.93. The topological polar surface area (TPSA) is 70.1 Å². The van der Waals surface area contributed by atoms with Crippen LogP contribution in [0.1, 0.15) is 23.6 Å². The highest BCUT2D eigenvalue weighted by molar-refractivity contribution is 6.30. The van der Waals surface area contributed by atoms with Crippen LogP contribution in [-0.4, -0.2) is 66.0 Å². The predicted molar refractivity (Wildman–Crippen MR) is 128 cm³/mol. The zero-order chi connectivity index (χ0) is 23.2. The highest BCUT2D eigenvalue weighted by Gasteiger charge is 2.42. The molecule has 2 heterocycles. The van der Waals surface area contributed by atoms with E-state index in [4.69, 9.17) is 16.3 Å². The van der Waals surface area contributed by atoms with Gasteiger partial charge >= 0.3 is 0 Å². The maximum absolute atomic E-state index is 13.2. The minimum absolute atomic E-state index is 0.0980. The number of carbonyl (C=O) groups excluding carboxylic acids is 2. The number of carbonyl (C=O) groups is 2. The Bertz CT molecular complexity index is 1040. The van der Waals surface area contributed by atoms with Gasteiger partial charge in [0.2, 0.25) is 0 Å². The number of amides is 1. The van der Waals surface area contributed by atoms with E-state index in [-0.39, 0.29) is 11.4 Å². The predicted octanol–water partition coefficient (Wildman–Crippen LogP) is 4.04. The number of allylic oxidation sites excluding steroid dienone is 1. The molecule has 6 nitrogen and oxygen atoms in total. The molecule has 33 heavy (non-hydrogen) atoms. The molecule has 1 amide bonds. The second-order valence-electron chi connectivity index (χ2n) is 8.13. The lowest BCUT2D eigenvalue weighted by Crippen LogP contribution is -2.39. The van der Waals surface area contributed by atoms with E-state index in [9.17, 15) is 14.7 Å². The summed E-state index contributed by atoms with van der Waals surface area (Å²) in [7, 11) is 0. The molecule has 1 N–H and O–H groups in total. The number of rotatable bonds is 8. The Balaban J connectivity index is 1.56. The van der Waals surface area contributed by atoms with E-state index < -0.39 is 17.7 Å². The highest BCUT2D eigenvalue weighted by atomic mass is 35.5. The SMILES string of the molecule is O=C(/C=C/c1ccccc1)C1=C(O)C(=O)N(CCCN2CCOCC2)[C@@H]1c1ccc(Cl)cc1. The number of nitrogens with zero attached hydrogens (tertiary/aromatic N) is 2. The van der Waals surface area contributed by atoms with Crippen LogP contribution in [0.4, 0.5) is 0 Å². The molecule has 2 aliphatic heterocycles. The van der Waals surface area contributed by atoms with Crippen molar-refractivity contribution in [1.82, 2.24) is 9.80 Å². The van der Waals surface area contributed by atoms with Crippen molar-refractivity contribution in [3.63, 3.8) is 0 Å². The molecule has 0 aromatic heterocycles. The van der Waals surface area contributed by atoms with Crippen molar-refractivity contribution in [3.05, 3.63) is 88.2 Å². The summed E-state index contributed by atoms with van der Waals surface area (Å²) in [5.74, 6) is -1.39. The quantitative estimate of drug-likeness (QED) is 0.594. The number of ether oxygens (including phenoxy) is 1. The van der Waals surface area contributed by atoms with Gasteiger partial charge in [0.25, 0.3) is 5.91 Å². The summed E-state index contributed by atoms with van der Waals surface area (Å²) in [5.41, 5.74) is 1.70. The van der Waals surface area contributed by atoms with Gasteiger partial charge in [0, 0.05) is 31.2 Å². The first-order valence-electron chi connectivity index (χ1n) is 11.1. The van der Waals surface area contributed by atoms with Crippen molar-refractivity contribution in [2.75, 3.05) is 39.4 Å². The monoisotopic (exact) mass is 466 g/mol. The van der Waals surface area contributed by atoms with E-state index in [1.807, 2.05) is 30.3 Å². The number of aliphatic hydroxyl groups is 1. The molecule has 1 atom stereocenters. The third-order valence-corrected chi connectivity index (χ3v) is 6.21. The molecule has 4 rings (SSSR count). The van der Waals surface area contributed by atoms with Gasteiger partial charge in [-0.3, -0.25) is 14.5 Å². The maximum Gasteiger partial charge on any atom is 0.290 e. The fraction of sp³-hybridized carbons (Fsp3) is 0.308. The first kappa shape index (κ1) is 23.2. The first-order chi connectivity index (χ1) is 16.0. The van der Waals surface area contributed by atoms with Crippen molar-refractivity contribution in [2.45, 2.75) is 12.5 Å². The zero-order valence-corrected chi connectivity index (χ0v) is 19.1. The van der Waals surface area contributed by atoms with Crippen molar-refractivity contribution >= 4 is 29.4 Å². The van der Waals surface area contributed by atoms with E-state index in [1.54, 1.807) is 35.2 Å². The van der Waals surface area contributed by atoms with Gasteiger partial charge in [-0.1, -0.05) is 60.1 Å². The molecule has 172 valence electrons. The van der Waals surface area contributed by atoms with E-state index in [0.717, 1.165) is 37.2 Å². The Morgan fingerprint density at radius 2 is 1.76 bits per heavy atom. The third-order valence-electron chi connectivity index (χ3n) is 5.96. The fourth-order valence-corrected chi connectivity index (χ4v) is 4.37. The molecule has 0 radical (unpaired) electrons. The van der Waals surface area contributed by atoms with E-state index in [2.05, 4.69) is 4.90 Å². The largest absolute Gasteiger partial charge is 0.503 e. The number of aliphatic hydroxyl groups excluding tert-OH is 1. The van der Waals surface area contributed by atoms with Crippen molar-refractivity contribution < 1.29 is 19.4 Å². The number of halogens is 1. The molecule has 0 bridgehead atoms. The molecule has 0 saturated carbocycles. The lowest BCUT2D eigenvalue weighted by Gasteiger charge is -2.30. The minimum Gasteiger partial charge on any atom is -0.503 e. The van der Waals surface area contributed by atoms with Crippen LogP contribution in [0, 0.1) is 0 Å². The molecule has 0 spiro atoms. The summed E-state index contributed by atoms with van der Waals surface area (Å²) in [4.78, 5) is 30.1. The zero-order valence-electron chi connectivity index (χ0n) is 18.3. The van der Waals surface area contributed by atoms with Gasteiger partial charge in [0.05, 0.1) is 24.8 Å². The van der Waals surface area contributed by atoms with Crippen LogP contribution >= 0.6 is 11.6 Å². The van der Waals surface area contributed by atoms with E-state index >= 15 is 0 Å². The van der Waals surface area contributed by atoms with Gasteiger partial charge in [-0.2, -0.15) is 0 Å². The average Bonchev–Trinajstić information content (AvgIpc) is 3.09. The Labute approximate surface area is 198 Å². The number of morpholine rings is 1. The second kappa shape index (κ2) is 10.8. The van der Waals surface area contributed by atoms with Crippen LogP contribution in [0.2, 0.25) is 5.02 Å². The average molecular weight is 467 g/mol. The minimum atomic E-state index is -0.660. The van der Waals surface area contributed by atoms with Crippen LogP contribution < -0.4 is 0 Å². The maximum atomic E-state index is 13.2. The molecule has 2 aliphatic rings. The molecular formula is C26H27ClN2O4. The van der Waals surface area contributed by atoms with Gasteiger partial charge in [0.15, 0.2) is 11.5 Å². The van der Waals surface area contributed by atoms with Gasteiger partial charge in [-0.15, -0.1) is 0 Å². The van der Waals surface area contributed by atoms with Gasteiger partial charge in [-0.05, 0) is 35.8 Å². The van der Waals surface area contributed by atoms with Gasteiger partial charge in [-0.25, -0.2) is 0 Å². The summed E-state index contributed by atoms with van der Waals surface area (Å²) in [6.07, 6.45) is 3.83. The molecule has 7 heteroatoms. The van der Waals surface area contributed by atoms with Crippen molar-refractivity contribution in [2.24, 2.45) is 0 Å². The normalized spacial score (nSPS) is 19.6. The lowest BCUT2D eigenvalue weighted by atomic mass is 9.95. The van der Waals surface area contributed by atoms with Gasteiger partial charge < -0.3 is 14.7 Å². The number of ketones is 1. The lowest BCUT2D eigenvalue weighted by molar-refractivity contribution is -0.129. The Morgan fingerprint density at radius 1 is 1.06 bits per heavy atom. The number of hydrogen-bond donors (Lipinski definition) is 1. The van der Waals surface area contributed by atoms with Crippen LogP contribution in [0.5, 0.6) is 0 Å². The number of benzene rings is 2. The first-order valence-corrected chi connectivity index (χ1v) is 11.5. The highest BCUT2D eigenvalue weighted by Crippen LogP contribution is 2.38.